The third kappa shape index (κ3) is 2.07. The van der Waals surface area contributed by atoms with Gasteiger partial charge in [0.15, 0.2) is 0 Å². The van der Waals surface area contributed by atoms with Crippen molar-refractivity contribution >= 4 is 11.0 Å². The summed E-state index contributed by atoms with van der Waals surface area (Å²) >= 11 is 0. The zero-order valence-electron chi connectivity index (χ0n) is 11.1. The molecule has 0 radical (unpaired) electrons. The molecule has 2 rings (SSSR count). The third-order valence-electron chi connectivity index (χ3n) is 3.18. The van der Waals surface area contributed by atoms with Crippen LogP contribution in [0.15, 0.2) is 18.2 Å². The molecule has 0 spiro atoms. The largest absolute Gasteiger partial charge is 0.330 e. The van der Waals surface area contributed by atoms with Crippen molar-refractivity contribution in [3.63, 3.8) is 0 Å². The Balaban J connectivity index is 2.70. The van der Waals surface area contributed by atoms with Crippen molar-refractivity contribution in [2.45, 2.75) is 39.7 Å². The van der Waals surface area contributed by atoms with Gasteiger partial charge in [-0.1, -0.05) is 13.0 Å². The van der Waals surface area contributed by atoms with E-state index in [0.29, 0.717) is 18.5 Å². The molecule has 0 fully saturated rings. The highest BCUT2D eigenvalue weighted by Gasteiger charge is 2.17. The second-order valence-electron chi connectivity index (χ2n) is 5.06. The number of nitrogens with zero attached hydrogens (tertiary/aromatic N) is 2. The first-order chi connectivity index (χ1) is 8.04. The number of hydrogen-bond donors (Lipinski definition) is 1. The first-order valence-electron chi connectivity index (χ1n) is 6.23. The van der Waals surface area contributed by atoms with Crippen LogP contribution in [0.3, 0.4) is 0 Å². The maximum absolute atomic E-state index is 5.77. The van der Waals surface area contributed by atoms with Crippen molar-refractivity contribution in [1.29, 1.82) is 0 Å². The molecule has 0 aliphatic heterocycles. The normalized spacial score (nSPS) is 13.5. The van der Waals surface area contributed by atoms with Crippen molar-refractivity contribution in [3.05, 3.63) is 29.6 Å². The van der Waals surface area contributed by atoms with Gasteiger partial charge in [-0.15, -0.1) is 0 Å². The van der Waals surface area contributed by atoms with E-state index in [-0.39, 0.29) is 0 Å². The lowest BCUT2D eigenvalue weighted by Crippen LogP contribution is -2.16. The summed E-state index contributed by atoms with van der Waals surface area (Å²) in [6, 6.07) is 6.84. The van der Waals surface area contributed by atoms with Crippen LogP contribution in [0.4, 0.5) is 0 Å². The molecule has 0 saturated heterocycles. The van der Waals surface area contributed by atoms with Crippen LogP contribution in [0, 0.1) is 6.92 Å². The van der Waals surface area contributed by atoms with Crippen LogP contribution < -0.4 is 5.73 Å². The van der Waals surface area contributed by atoms with Crippen molar-refractivity contribution < 1.29 is 0 Å². The summed E-state index contributed by atoms with van der Waals surface area (Å²) in [5.41, 5.74) is 9.31. The van der Waals surface area contributed by atoms with Gasteiger partial charge in [0.1, 0.15) is 5.82 Å². The molecule has 2 aromatic rings. The first-order valence-corrected chi connectivity index (χ1v) is 6.23. The Bertz CT molecular complexity index is 525. The minimum Gasteiger partial charge on any atom is -0.330 e. The Kier molecular flexibility index (Phi) is 3.20. The average molecular weight is 231 g/mol. The first kappa shape index (κ1) is 12.1. The Hall–Kier alpha value is -1.35. The van der Waals surface area contributed by atoms with E-state index in [9.17, 15) is 0 Å². The van der Waals surface area contributed by atoms with E-state index in [1.807, 2.05) is 0 Å². The van der Waals surface area contributed by atoms with Crippen LogP contribution in [-0.4, -0.2) is 16.1 Å². The molecule has 3 nitrogen and oxygen atoms in total. The number of fused-ring (bicyclic) bond motifs is 1. The highest BCUT2D eigenvalue weighted by Crippen LogP contribution is 2.26. The van der Waals surface area contributed by atoms with Crippen molar-refractivity contribution in [2.75, 3.05) is 6.54 Å². The number of aromatic nitrogens is 2. The summed E-state index contributed by atoms with van der Waals surface area (Å²) in [6.07, 6.45) is 0. The summed E-state index contributed by atoms with van der Waals surface area (Å²) < 4.78 is 2.30. The second-order valence-corrected chi connectivity index (χ2v) is 5.06. The van der Waals surface area contributed by atoms with Crippen LogP contribution in [0.25, 0.3) is 11.0 Å². The molecule has 1 heterocycles. The molecule has 0 amide bonds. The maximum Gasteiger partial charge on any atom is 0.114 e. The molecular weight excluding hydrogens is 210 g/mol. The number of aryl methyl sites for hydroxylation is 1. The van der Waals surface area contributed by atoms with E-state index in [0.717, 1.165) is 11.3 Å². The summed E-state index contributed by atoms with van der Waals surface area (Å²) in [5, 5.41) is 0. The van der Waals surface area contributed by atoms with E-state index in [2.05, 4.69) is 50.5 Å². The van der Waals surface area contributed by atoms with Gasteiger partial charge >= 0.3 is 0 Å². The van der Waals surface area contributed by atoms with Crippen LogP contribution >= 0.6 is 0 Å². The van der Waals surface area contributed by atoms with Crippen LogP contribution in [0.1, 0.15) is 44.1 Å². The van der Waals surface area contributed by atoms with E-state index in [1.54, 1.807) is 0 Å². The number of nitrogens with two attached hydrogens (primary N) is 1. The standard InChI is InChI=1S/C14H21N3/c1-9(2)17-13-6-5-10(3)7-12(13)16-14(17)11(4)8-15/h5-7,9,11H,8,15H2,1-4H3. The SMILES string of the molecule is Cc1ccc2c(c1)nc(C(C)CN)n2C(C)C. The molecule has 0 saturated carbocycles. The molecule has 0 bridgehead atoms. The van der Waals surface area contributed by atoms with Gasteiger partial charge in [0, 0.05) is 18.5 Å². The maximum atomic E-state index is 5.77. The lowest BCUT2D eigenvalue weighted by atomic mass is 10.1. The molecule has 1 unspecified atom stereocenters. The van der Waals surface area contributed by atoms with Crippen LogP contribution in [0.5, 0.6) is 0 Å². The van der Waals surface area contributed by atoms with Crippen LogP contribution in [0.2, 0.25) is 0 Å². The van der Waals surface area contributed by atoms with Crippen LogP contribution in [-0.2, 0) is 0 Å². The number of imidazole rings is 1. The zero-order chi connectivity index (χ0) is 12.6. The predicted octanol–water partition coefficient (Wildman–Crippen LogP) is 2.99. The number of benzene rings is 1. The highest BCUT2D eigenvalue weighted by atomic mass is 15.1. The van der Waals surface area contributed by atoms with E-state index >= 15 is 0 Å². The third-order valence-corrected chi connectivity index (χ3v) is 3.18. The minimum atomic E-state index is 0.296. The molecule has 3 heteroatoms. The Morgan fingerprint density at radius 3 is 2.59 bits per heavy atom. The smallest absolute Gasteiger partial charge is 0.114 e. The quantitative estimate of drug-likeness (QED) is 0.882. The van der Waals surface area contributed by atoms with Gasteiger partial charge in [0.2, 0.25) is 0 Å². The van der Waals surface area contributed by atoms with Gasteiger partial charge in [-0.3, -0.25) is 0 Å². The fourth-order valence-electron chi connectivity index (χ4n) is 2.22. The summed E-state index contributed by atoms with van der Waals surface area (Å²) in [5.74, 6) is 1.40. The van der Waals surface area contributed by atoms with Gasteiger partial charge in [-0.2, -0.15) is 0 Å². The lowest BCUT2D eigenvalue weighted by molar-refractivity contribution is 0.554. The van der Waals surface area contributed by atoms with Gasteiger partial charge in [0.05, 0.1) is 11.0 Å². The molecule has 92 valence electrons. The minimum absolute atomic E-state index is 0.296. The number of hydrogen-bond acceptors (Lipinski definition) is 2. The molecule has 1 aromatic carbocycles. The van der Waals surface area contributed by atoms with Gasteiger partial charge in [-0.25, -0.2) is 4.98 Å². The lowest BCUT2D eigenvalue weighted by Gasteiger charge is -2.16. The average Bonchev–Trinajstić information content (AvgIpc) is 2.66. The fraction of sp³-hybridized carbons (Fsp3) is 0.500. The van der Waals surface area contributed by atoms with Gasteiger partial charge < -0.3 is 10.3 Å². The van der Waals surface area contributed by atoms with Gasteiger partial charge in [-0.05, 0) is 38.5 Å². The molecule has 17 heavy (non-hydrogen) atoms. The fourth-order valence-corrected chi connectivity index (χ4v) is 2.22. The Labute approximate surface area is 103 Å². The molecule has 1 atom stereocenters. The summed E-state index contributed by atoms with van der Waals surface area (Å²) in [6.45, 7) is 9.24. The van der Waals surface area contributed by atoms with Crippen molar-refractivity contribution in [2.24, 2.45) is 5.73 Å². The van der Waals surface area contributed by atoms with E-state index in [1.165, 1.54) is 11.1 Å². The molecule has 0 aliphatic carbocycles. The molecule has 2 N–H and O–H groups in total. The number of rotatable bonds is 3. The molecule has 1 aromatic heterocycles. The summed E-state index contributed by atoms with van der Waals surface area (Å²) in [4.78, 5) is 4.75. The van der Waals surface area contributed by atoms with E-state index < -0.39 is 0 Å². The highest BCUT2D eigenvalue weighted by molar-refractivity contribution is 5.77. The summed E-state index contributed by atoms with van der Waals surface area (Å²) in [7, 11) is 0. The van der Waals surface area contributed by atoms with E-state index in [4.69, 9.17) is 10.7 Å². The topological polar surface area (TPSA) is 43.8 Å². The zero-order valence-corrected chi connectivity index (χ0v) is 11.1. The van der Waals surface area contributed by atoms with Crippen molar-refractivity contribution in [1.82, 2.24) is 9.55 Å². The monoisotopic (exact) mass is 231 g/mol. The molecular formula is C14H21N3. The van der Waals surface area contributed by atoms with Gasteiger partial charge in [0.25, 0.3) is 0 Å². The predicted molar refractivity (Wildman–Crippen MR) is 72.3 cm³/mol. The Morgan fingerprint density at radius 1 is 1.29 bits per heavy atom. The Morgan fingerprint density at radius 2 is 2.00 bits per heavy atom. The van der Waals surface area contributed by atoms with Crippen molar-refractivity contribution in [3.8, 4) is 0 Å². The second kappa shape index (κ2) is 4.49. The molecule has 0 aliphatic rings.